The van der Waals surface area contributed by atoms with Crippen molar-refractivity contribution in [2.24, 2.45) is 5.73 Å². The number of fused-ring (bicyclic) bond motifs is 1. The van der Waals surface area contributed by atoms with E-state index in [0.717, 1.165) is 12.8 Å². The van der Waals surface area contributed by atoms with E-state index < -0.39 is 4.92 Å². The van der Waals surface area contributed by atoms with Gasteiger partial charge in [-0.05, 0) is 18.9 Å². The van der Waals surface area contributed by atoms with Crippen LogP contribution in [0.1, 0.15) is 25.7 Å². The lowest BCUT2D eigenvalue weighted by atomic mass is 9.91. The van der Waals surface area contributed by atoms with Gasteiger partial charge in [0.05, 0.1) is 22.2 Å². The minimum atomic E-state index is -0.436. The fourth-order valence-corrected chi connectivity index (χ4v) is 2.71. The number of benzene rings is 1. The van der Waals surface area contributed by atoms with Gasteiger partial charge in [0.1, 0.15) is 5.82 Å². The minimum Gasteiger partial charge on any atom is -0.364 e. The van der Waals surface area contributed by atoms with Crippen molar-refractivity contribution in [2.45, 2.75) is 37.8 Å². The number of nitro benzene ring substituents is 1. The number of nitro groups is 1. The molecule has 0 aliphatic heterocycles. The first-order chi connectivity index (χ1) is 10.1. The van der Waals surface area contributed by atoms with E-state index in [2.05, 4.69) is 15.3 Å². The summed E-state index contributed by atoms with van der Waals surface area (Å²) >= 11 is 0. The first-order valence-corrected chi connectivity index (χ1v) is 7.07. The SMILES string of the molecule is N[C@@H]1CCCC[C@H]1Nc1cnc2cc([N+](=O)[O-])ccc2n1. The fraction of sp³-hybridized carbons (Fsp3) is 0.429. The topological polar surface area (TPSA) is 107 Å². The van der Waals surface area contributed by atoms with Crippen LogP contribution in [0.15, 0.2) is 24.4 Å². The van der Waals surface area contributed by atoms with Gasteiger partial charge in [0.2, 0.25) is 0 Å². The first-order valence-electron chi connectivity index (χ1n) is 7.07. The van der Waals surface area contributed by atoms with Crippen LogP contribution in [-0.2, 0) is 0 Å². The lowest BCUT2D eigenvalue weighted by Crippen LogP contribution is -2.42. The van der Waals surface area contributed by atoms with Crippen LogP contribution in [0, 0.1) is 10.1 Å². The standard InChI is InChI=1S/C14H17N5O2/c15-10-3-1-2-4-11(10)17-14-8-16-13-7-9(19(20)21)5-6-12(13)18-14/h5-8,10-11H,1-4,15H2,(H,17,18)/t10-,11-/m1/s1. The molecule has 1 heterocycles. The molecule has 1 aromatic heterocycles. The third kappa shape index (κ3) is 2.92. The second-order valence-corrected chi connectivity index (χ2v) is 5.38. The van der Waals surface area contributed by atoms with Crippen LogP contribution in [0.5, 0.6) is 0 Å². The number of hydrogen-bond acceptors (Lipinski definition) is 6. The Morgan fingerprint density at radius 3 is 2.86 bits per heavy atom. The van der Waals surface area contributed by atoms with Crippen LogP contribution in [0.25, 0.3) is 11.0 Å². The number of hydrogen-bond donors (Lipinski definition) is 2. The summed E-state index contributed by atoms with van der Waals surface area (Å²) in [4.78, 5) is 19.0. The Hall–Kier alpha value is -2.28. The third-order valence-electron chi connectivity index (χ3n) is 3.89. The van der Waals surface area contributed by atoms with Gasteiger partial charge in [-0.1, -0.05) is 12.8 Å². The zero-order valence-electron chi connectivity index (χ0n) is 11.5. The molecule has 110 valence electrons. The van der Waals surface area contributed by atoms with Crippen LogP contribution in [0.2, 0.25) is 0 Å². The van der Waals surface area contributed by atoms with Crippen molar-refractivity contribution in [1.29, 1.82) is 0 Å². The maximum atomic E-state index is 10.7. The van der Waals surface area contributed by atoms with Gasteiger partial charge in [0.25, 0.3) is 5.69 Å². The van der Waals surface area contributed by atoms with Crippen molar-refractivity contribution in [2.75, 3.05) is 5.32 Å². The molecule has 0 bridgehead atoms. The number of aromatic nitrogens is 2. The highest BCUT2D eigenvalue weighted by molar-refractivity contribution is 5.78. The molecule has 7 heteroatoms. The predicted octanol–water partition coefficient (Wildman–Crippen LogP) is 2.22. The second-order valence-electron chi connectivity index (χ2n) is 5.38. The Labute approximate surface area is 121 Å². The average Bonchev–Trinajstić information content (AvgIpc) is 2.49. The number of nitrogens with one attached hydrogen (secondary N) is 1. The molecule has 1 saturated carbocycles. The summed E-state index contributed by atoms with van der Waals surface area (Å²) < 4.78 is 0. The van der Waals surface area contributed by atoms with Gasteiger partial charge in [-0.2, -0.15) is 0 Å². The molecule has 0 radical (unpaired) electrons. The predicted molar refractivity (Wildman–Crippen MR) is 80.0 cm³/mol. The number of nitrogens with zero attached hydrogens (tertiary/aromatic N) is 3. The van der Waals surface area contributed by atoms with Crippen molar-refractivity contribution >= 4 is 22.5 Å². The van der Waals surface area contributed by atoms with Crippen molar-refractivity contribution in [1.82, 2.24) is 9.97 Å². The number of nitrogens with two attached hydrogens (primary N) is 1. The number of non-ortho nitro benzene ring substituents is 1. The molecule has 2 atom stereocenters. The van der Waals surface area contributed by atoms with Gasteiger partial charge in [-0.3, -0.25) is 15.1 Å². The van der Waals surface area contributed by atoms with Crippen molar-refractivity contribution < 1.29 is 4.92 Å². The molecular formula is C14H17N5O2. The second kappa shape index (κ2) is 5.61. The third-order valence-corrected chi connectivity index (χ3v) is 3.89. The summed E-state index contributed by atoms with van der Waals surface area (Å²) in [6.45, 7) is 0. The van der Waals surface area contributed by atoms with E-state index in [1.54, 1.807) is 12.3 Å². The maximum Gasteiger partial charge on any atom is 0.271 e. The Morgan fingerprint density at radius 2 is 2.10 bits per heavy atom. The van der Waals surface area contributed by atoms with Crippen LogP contribution in [-0.4, -0.2) is 27.0 Å². The molecule has 1 fully saturated rings. The van der Waals surface area contributed by atoms with Gasteiger partial charge in [-0.25, -0.2) is 4.98 Å². The highest BCUT2D eigenvalue weighted by Gasteiger charge is 2.22. The van der Waals surface area contributed by atoms with Crippen LogP contribution in [0.4, 0.5) is 11.5 Å². The lowest BCUT2D eigenvalue weighted by Gasteiger charge is -2.29. The highest BCUT2D eigenvalue weighted by atomic mass is 16.6. The van der Waals surface area contributed by atoms with Gasteiger partial charge in [0, 0.05) is 24.2 Å². The summed E-state index contributed by atoms with van der Waals surface area (Å²) in [5.41, 5.74) is 7.28. The van der Waals surface area contributed by atoms with Crippen molar-refractivity contribution in [3.8, 4) is 0 Å². The van der Waals surface area contributed by atoms with Crippen LogP contribution >= 0.6 is 0 Å². The van der Waals surface area contributed by atoms with E-state index in [9.17, 15) is 10.1 Å². The Kier molecular flexibility index (Phi) is 3.66. The molecule has 21 heavy (non-hydrogen) atoms. The molecule has 2 aromatic rings. The normalized spacial score (nSPS) is 22.1. The molecule has 3 rings (SSSR count). The molecule has 0 spiro atoms. The average molecular weight is 287 g/mol. The molecule has 0 amide bonds. The molecule has 0 unspecified atom stereocenters. The van der Waals surface area contributed by atoms with Gasteiger partial charge in [-0.15, -0.1) is 0 Å². The summed E-state index contributed by atoms with van der Waals surface area (Å²) in [6, 6.07) is 4.83. The van der Waals surface area contributed by atoms with Gasteiger partial charge < -0.3 is 11.1 Å². The van der Waals surface area contributed by atoms with E-state index in [1.165, 1.54) is 25.0 Å². The molecule has 1 aliphatic carbocycles. The summed E-state index contributed by atoms with van der Waals surface area (Å²) in [5, 5.41) is 14.1. The molecule has 1 aromatic carbocycles. The molecular weight excluding hydrogens is 270 g/mol. The van der Waals surface area contributed by atoms with Crippen molar-refractivity contribution in [3.05, 3.63) is 34.5 Å². The van der Waals surface area contributed by atoms with Crippen LogP contribution < -0.4 is 11.1 Å². The number of rotatable bonds is 3. The van der Waals surface area contributed by atoms with Gasteiger partial charge >= 0.3 is 0 Å². The van der Waals surface area contributed by atoms with Crippen molar-refractivity contribution in [3.63, 3.8) is 0 Å². The Morgan fingerprint density at radius 1 is 1.29 bits per heavy atom. The van der Waals surface area contributed by atoms with Crippen LogP contribution in [0.3, 0.4) is 0 Å². The Bertz CT molecular complexity index is 675. The van der Waals surface area contributed by atoms with E-state index in [4.69, 9.17) is 5.73 Å². The monoisotopic (exact) mass is 287 g/mol. The molecule has 7 nitrogen and oxygen atoms in total. The molecule has 1 aliphatic rings. The van der Waals surface area contributed by atoms with E-state index in [1.807, 2.05) is 0 Å². The minimum absolute atomic E-state index is 0.0202. The van der Waals surface area contributed by atoms with E-state index >= 15 is 0 Å². The smallest absolute Gasteiger partial charge is 0.271 e. The summed E-state index contributed by atoms with van der Waals surface area (Å²) in [7, 11) is 0. The largest absolute Gasteiger partial charge is 0.364 e. The number of anilines is 1. The maximum absolute atomic E-state index is 10.7. The molecule has 0 saturated heterocycles. The van der Waals surface area contributed by atoms with Gasteiger partial charge in [0.15, 0.2) is 0 Å². The van der Waals surface area contributed by atoms with E-state index in [0.29, 0.717) is 16.9 Å². The zero-order valence-corrected chi connectivity index (χ0v) is 11.5. The lowest BCUT2D eigenvalue weighted by molar-refractivity contribution is -0.384. The first kappa shape index (κ1) is 13.7. The Balaban J connectivity index is 1.84. The zero-order chi connectivity index (χ0) is 14.8. The highest BCUT2D eigenvalue weighted by Crippen LogP contribution is 2.22. The molecule has 3 N–H and O–H groups in total. The fourth-order valence-electron chi connectivity index (χ4n) is 2.71. The quantitative estimate of drug-likeness (QED) is 0.662. The summed E-state index contributed by atoms with van der Waals surface area (Å²) in [5.74, 6) is 0.665. The van der Waals surface area contributed by atoms with E-state index in [-0.39, 0.29) is 17.8 Å². The summed E-state index contributed by atoms with van der Waals surface area (Å²) in [6.07, 6.45) is 5.99.